The maximum absolute atomic E-state index is 5.77. The third-order valence-corrected chi connectivity index (χ3v) is 6.47. The molecule has 1 saturated heterocycles. The molecule has 5 heteroatoms. The second-order valence-corrected chi connectivity index (χ2v) is 8.92. The van der Waals surface area contributed by atoms with Gasteiger partial charge in [0, 0.05) is 23.6 Å². The highest BCUT2D eigenvalue weighted by atomic mass is 32.1. The van der Waals surface area contributed by atoms with E-state index in [2.05, 4.69) is 91.6 Å². The molecule has 0 amide bonds. The van der Waals surface area contributed by atoms with Crippen molar-refractivity contribution >= 4 is 17.3 Å². The van der Waals surface area contributed by atoms with Crippen LogP contribution in [0.3, 0.4) is 0 Å². The van der Waals surface area contributed by atoms with E-state index >= 15 is 0 Å². The average molecular weight is 419 g/mol. The van der Waals surface area contributed by atoms with Gasteiger partial charge in [-0.3, -0.25) is 4.98 Å². The molecule has 1 aliphatic heterocycles. The number of hydrogen-bond donors (Lipinski definition) is 1. The number of para-hydroxylation sites is 1. The molecule has 30 heavy (non-hydrogen) atoms. The number of hydrogen-bond acceptors (Lipinski definition) is 2. The molecule has 4 rings (SSSR count). The minimum Gasteiger partial charge on any atom is -0.352 e. The minimum atomic E-state index is 0.0213. The van der Waals surface area contributed by atoms with Crippen molar-refractivity contribution in [3.63, 3.8) is 0 Å². The van der Waals surface area contributed by atoms with Gasteiger partial charge in [0.2, 0.25) is 0 Å². The third kappa shape index (κ3) is 3.31. The zero-order valence-corrected chi connectivity index (χ0v) is 19.4. The number of rotatable bonds is 4. The Bertz CT molecular complexity index is 1060. The van der Waals surface area contributed by atoms with E-state index in [9.17, 15) is 0 Å². The highest BCUT2D eigenvalue weighted by molar-refractivity contribution is 7.80. The fourth-order valence-electron chi connectivity index (χ4n) is 4.84. The van der Waals surface area contributed by atoms with Crippen LogP contribution in [0.25, 0.3) is 5.69 Å². The van der Waals surface area contributed by atoms with E-state index in [1.807, 2.05) is 18.3 Å². The molecule has 0 radical (unpaired) electrons. The van der Waals surface area contributed by atoms with Gasteiger partial charge in [-0.05, 0) is 88.6 Å². The maximum Gasteiger partial charge on any atom is 0.170 e. The molecule has 3 aromatic rings. The van der Waals surface area contributed by atoms with E-state index in [1.54, 1.807) is 0 Å². The first-order chi connectivity index (χ1) is 14.3. The topological polar surface area (TPSA) is 33.1 Å². The van der Waals surface area contributed by atoms with Gasteiger partial charge in [0.05, 0.1) is 23.5 Å². The highest BCUT2D eigenvalue weighted by Crippen LogP contribution is 2.42. The third-order valence-electron chi connectivity index (χ3n) is 6.14. The summed E-state index contributed by atoms with van der Waals surface area (Å²) >= 11 is 5.77. The molecule has 1 aromatic carbocycles. The second kappa shape index (κ2) is 7.88. The van der Waals surface area contributed by atoms with Crippen LogP contribution < -0.4 is 5.32 Å². The smallest absolute Gasteiger partial charge is 0.170 e. The second-order valence-electron chi connectivity index (χ2n) is 8.53. The van der Waals surface area contributed by atoms with Gasteiger partial charge in [-0.1, -0.05) is 24.3 Å². The summed E-state index contributed by atoms with van der Waals surface area (Å²) in [6.45, 7) is 13.2. The Kier molecular flexibility index (Phi) is 5.41. The highest BCUT2D eigenvalue weighted by Gasteiger charge is 2.42. The fourth-order valence-corrected chi connectivity index (χ4v) is 5.30. The molecule has 2 aromatic heterocycles. The molecule has 1 N–H and O–H groups in total. The predicted molar refractivity (Wildman–Crippen MR) is 127 cm³/mol. The van der Waals surface area contributed by atoms with Crippen molar-refractivity contribution in [1.29, 1.82) is 0 Å². The number of benzene rings is 1. The van der Waals surface area contributed by atoms with Crippen LogP contribution in [0.4, 0.5) is 0 Å². The SMILES string of the molecule is Cc1cccc(C)c1-n1c(C)cc(C2C(c3ccccn3)NC(=S)N2C(C)C)c1C. The van der Waals surface area contributed by atoms with Gasteiger partial charge in [0.1, 0.15) is 0 Å². The van der Waals surface area contributed by atoms with E-state index in [4.69, 9.17) is 12.2 Å². The minimum absolute atomic E-state index is 0.0213. The Balaban J connectivity index is 1.90. The van der Waals surface area contributed by atoms with Crippen LogP contribution in [0.5, 0.6) is 0 Å². The van der Waals surface area contributed by atoms with Crippen LogP contribution in [0.2, 0.25) is 0 Å². The average Bonchev–Trinajstić information content (AvgIpc) is 3.19. The number of nitrogens with zero attached hydrogens (tertiary/aromatic N) is 3. The Hall–Kier alpha value is -2.66. The summed E-state index contributed by atoms with van der Waals surface area (Å²) in [4.78, 5) is 6.98. The number of thiocarbonyl (C=S) groups is 1. The standard InChI is InChI=1S/C25H30N4S/c1-15(2)28-24(22(27-25(28)30)21-12-7-8-13-26-21)20-14-18(5)29(19(20)6)23-16(3)10-9-11-17(23)4/h7-15,22,24H,1-6H3,(H,27,30). The molecule has 0 aliphatic carbocycles. The Morgan fingerprint density at radius 2 is 1.70 bits per heavy atom. The number of nitrogens with one attached hydrogen (secondary N) is 1. The Labute approximate surface area is 184 Å². The lowest BCUT2D eigenvalue weighted by Gasteiger charge is -2.31. The molecule has 0 saturated carbocycles. The van der Waals surface area contributed by atoms with Crippen molar-refractivity contribution in [2.75, 3.05) is 0 Å². The first kappa shape index (κ1) is 20.6. The fraction of sp³-hybridized carbons (Fsp3) is 0.360. The van der Waals surface area contributed by atoms with Crippen molar-refractivity contribution in [3.8, 4) is 5.69 Å². The van der Waals surface area contributed by atoms with Crippen molar-refractivity contribution in [2.45, 2.75) is 59.7 Å². The largest absolute Gasteiger partial charge is 0.352 e. The molecule has 0 spiro atoms. The normalized spacial score (nSPS) is 18.9. The molecular weight excluding hydrogens is 388 g/mol. The Morgan fingerprint density at radius 3 is 2.30 bits per heavy atom. The lowest BCUT2D eigenvalue weighted by atomic mass is 9.96. The molecule has 1 fully saturated rings. The first-order valence-electron chi connectivity index (χ1n) is 10.6. The molecule has 2 unspecified atom stereocenters. The Morgan fingerprint density at radius 1 is 1.00 bits per heavy atom. The summed E-state index contributed by atoms with van der Waals surface area (Å²) in [5.74, 6) is 0. The van der Waals surface area contributed by atoms with E-state index in [0.717, 1.165) is 10.8 Å². The monoisotopic (exact) mass is 418 g/mol. The quantitative estimate of drug-likeness (QED) is 0.568. The van der Waals surface area contributed by atoms with Crippen molar-refractivity contribution in [2.24, 2.45) is 0 Å². The molecule has 2 atom stereocenters. The van der Waals surface area contributed by atoms with Crippen LogP contribution in [-0.4, -0.2) is 25.6 Å². The van der Waals surface area contributed by atoms with E-state index in [0.29, 0.717) is 0 Å². The van der Waals surface area contributed by atoms with Gasteiger partial charge in [-0.25, -0.2) is 0 Å². The van der Waals surface area contributed by atoms with Crippen LogP contribution in [0.1, 0.15) is 59.7 Å². The molecule has 3 heterocycles. The molecule has 0 bridgehead atoms. The van der Waals surface area contributed by atoms with Crippen molar-refractivity contribution in [3.05, 3.63) is 82.4 Å². The lowest BCUT2D eigenvalue weighted by Crippen LogP contribution is -2.35. The summed E-state index contributed by atoms with van der Waals surface area (Å²) in [6, 6.07) is 15.3. The number of aromatic nitrogens is 2. The van der Waals surface area contributed by atoms with Crippen LogP contribution in [0, 0.1) is 27.7 Å². The molecule has 156 valence electrons. The van der Waals surface area contributed by atoms with Crippen LogP contribution in [0.15, 0.2) is 48.7 Å². The van der Waals surface area contributed by atoms with Crippen LogP contribution >= 0.6 is 12.2 Å². The van der Waals surface area contributed by atoms with Gasteiger partial charge in [0.15, 0.2) is 5.11 Å². The van der Waals surface area contributed by atoms with E-state index < -0.39 is 0 Å². The zero-order valence-electron chi connectivity index (χ0n) is 18.6. The summed E-state index contributed by atoms with van der Waals surface area (Å²) in [5, 5.41) is 4.35. The van der Waals surface area contributed by atoms with Gasteiger partial charge in [-0.15, -0.1) is 0 Å². The van der Waals surface area contributed by atoms with Gasteiger partial charge in [-0.2, -0.15) is 0 Å². The van der Waals surface area contributed by atoms with Gasteiger partial charge >= 0.3 is 0 Å². The van der Waals surface area contributed by atoms with Crippen molar-refractivity contribution < 1.29 is 0 Å². The van der Waals surface area contributed by atoms with Crippen molar-refractivity contribution in [1.82, 2.24) is 19.8 Å². The van der Waals surface area contributed by atoms with Crippen LogP contribution in [-0.2, 0) is 0 Å². The van der Waals surface area contributed by atoms with E-state index in [1.165, 1.54) is 33.8 Å². The summed E-state index contributed by atoms with van der Waals surface area (Å²) in [7, 11) is 0. The predicted octanol–water partition coefficient (Wildman–Crippen LogP) is 5.49. The zero-order chi connectivity index (χ0) is 21.6. The summed E-state index contributed by atoms with van der Waals surface area (Å²) < 4.78 is 2.40. The lowest BCUT2D eigenvalue weighted by molar-refractivity contribution is 0.269. The molecule has 4 nitrogen and oxygen atoms in total. The molecule has 1 aliphatic rings. The maximum atomic E-state index is 5.77. The molecular formula is C25H30N4S. The number of aryl methyl sites for hydroxylation is 3. The van der Waals surface area contributed by atoms with Gasteiger partial charge < -0.3 is 14.8 Å². The number of pyridine rings is 1. The van der Waals surface area contributed by atoms with E-state index in [-0.39, 0.29) is 18.1 Å². The summed E-state index contributed by atoms with van der Waals surface area (Å²) in [5.41, 5.74) is 8.65. The van der Waals surface area contributed by atoms with Gasteiger partial charge in [0.25, 0.3) is 0 Å². The summed E-state index contributed by atoms with van der Waals surface area (Å²) in [6.07, 6.45) is 1.86. The first-order valence-corrected chi connectivity index (χ1v) is 11.0.